The predicted octanol–water partition coefficient (Wildman–Crippen LogP) is 2.10. The van der Waals surface area contributed by atoms with Gasteiger partial charge in [-0.1, -0.05) is 6.07 Å². The number of carbonyl (C=O) groups is 1. The average molecular weight is 323 g/mol. The minimum Gasteiger partial charge on any atom is -0.388 e. The Kier molecular flexibility index (Phi) is 5.00. The van der Waals surface area contributed by atoms with Gasteiger partial charge in [0, 0.05) is 18.0 Å². The summed E-state index contributed by atoms with van der Waals surface area (Å²) in [6, 6.07) is 4.29. The molecule has 1 aromatic rings. The van der Waals surface area contributed by atoms with Crippen molar-refractivity contribution < 1.29 is 9.90 Å². The Morgan fingerprint density at radius 3 is 2.68 bits per heavy atom. The first kappa shape index (κ1) is 15.8. The lowest BCUT2D eigenvalue weighted by Crippen LogP contribution is -2.50. The summed E-state index contributed by atoms with van der Waals surface area (Å²) in [6.07, 6.45) is 5.11. The zero-order valence-electron chi connectivity index (χ0n) is 12.9. The molecule has 22 heavy (non-hydrogen) atoms. The largest absolute Gasteiger partial charge is 0.388 e. The van der Waals surface area contributed by atoms with E-state index in [1.54, 1.807) is 11.3 Å². The first-order valence-electron chi connectivity index (χ1n) is 8.18. The monoisotopic (exact) mass is 323 g/mol. The highest BCUT2D eigenvalue weighted by Crippen LogP contribution is 2.30. The van der Waals surface area contributed by atoms with E-state index in [2.05, 4.69) is 33.0 Å². The van der Waals surface area contributed by atoms with E-state index in [0.717, 1.165) is 32.4 Å². The van der Waals surface area contributed by atoms with Crippen LogP contribution < -0.4 is 10.6 Å². The quantitative estimate of drug-likeness (QED) is 0.751. The number of likely N-dealkylation sites (tertiary alicyclic amines) is 1. The molecule has 6 heteroatoms. The van der Waals surface area contributed by atoms with Crippen LogP contribution in [0.5, 0.6) is 0 Å². The lowest BCUT2D eigenvalue weighted by Gasteiger charge is -2.36. The van der Waals surface area contributed by atoms with Gasteiger partial charge in [0.1, 0.15) is 0 Å². The van der Waals surface area contributed by atoms with Crippen LogP contribution in [-0.2, 0) is 0 Å². The highest BCUT2D eigenvalue weighted by Gasteiger charge is 2.34. The van der Waals surface area contributed by atoms with Crippen LogP contribution in [0, 0.1) is 0 Å². The molecular formula is C16H25N3O2S. The molecule has 2 heterocycles. The summed E-state index contributed by atoms with van der Waals surface area (Å²) >= 11 is 1.75. The van der Waals surface area contributed by atoms with Gasteiger partial charge in [0.2, 0.25) is 0 Å². The summed E-state index contributed by atoms with van der Waals surface area (Å²) in [5.41, 5.74) is -0.667. The molecule has 3 N–H and O–H groups in total. The number of carbonyl (C=O) groups excluding carboxylic acids is 1. The third-order valence-corrected chi connectivity index (χ3v) is 5.74. The summed E-state index contributed by atoms with van der Waals surface area (Å²) < 4.78 is 0. The number of rotatable bonds is 6. The fourth-order valence-corrected chi connectivity index (χ4v) is 4.06. The summed E-state index contributed by atoms with van der Waals surface area (Å²) in [6.45, 7) is 3.17. The molecule has 3 rings (SSSR count). The highest BCUT2D eigenvalue weighted by molar-refractivity contribution is 7.10. The Hall–Kier alpha value is -1.11. The second kappa shape index (κ2) is 6.98. The molecule has 2 amide bonds. The van der Waals surface area contributed by atoms with Gasteiger partial charge in [0.25, 0.3) is 0 Å². The van der Waals surface area contributed by atoms with E-state index in [0.29, 0.717) is 13.1 Å². The van der Waals surface area contributed by atoms with E-state index in [1.807, 2.05) is 0 Å². The first-order chi connectivity index (χ1) is 10.7. The standard InChI is InChI=1S/C16H25N3O2S/c20-15(18-12-16(21)6-4-7-16)17-11-13(14-5-3-10-22-14)19-8-1-2-9-19/h3,5,10,13,21H,1-2,4,6-9,11-12H2,(H2,17,18,20)/t13-/m1/s1. The molecule has 0 spiro atoms. The average Bonchev–Trinajstić information content (AvgIpc) is 3.17. The fraction of sp³-hybridized carbons (Fsp3) is 0.688. The maximum atomic E-state index is 12.0. The number of amides is 2. The molecule has 1 saturated carbocycles. The van der Waals surface area contributed by atoms with Gasteiger partial charge in [-0.25, -0.2) is 4.79 Å². The zero-order valence-corrected chi connectivity index (χ0v) is 13.7. The molecule has 1 atom stereocenters. The van der Waals surface area contributed by atoms with Crippen LogP contribution in [-0.4, -0.2) is 47.8 Å². The minimum atomic E-state index is -0.667. The number of thiophene rings is 1. The molecular weight excluding hydrogens is 298 g/mol. The molecule has 1 saturated heterocycles. The Balaban J connectivity index is 1.49. The molecule has 122 valence electrons. The second-order valence-electron chi connectivity index (χ2n) is 6.42. The van der Waals surface area contributed by atoms with Gasteiger partial charge in [0.05, 0.1) is 11.6 Å². The van der Waals surface area contributed by atoms with Crippen molar-refractivity contribution in [2.75, 3.05) is 26.2 Å². The SMILES string of the molecule is O=C(NC[C@H](c1cccs1)N1CCCC1)NCC1(O)CCC1. The van der Waals surface area contributed by atoms with E-state index < -0.39 is 5.60 Å². The fourth-order valence-electron chi connectivity index (χ4n) is 3.20. The Morgan fingerprint density at radius 1 is 1.32 bits per heavy atom. The minimum absolute atomic E-state index is 0.180. The first-order valence-corrected chi connectivity index (χ1v) is 9.06. The molecule has 1 aliphatic heterocycles. The number of nitrogens with one attached hydrogen (secondary N) is 2. The van der Waals surface area contributed by atoms with Crippen molar-refractivity contribution in [2.24, 2.45) is 0 Å². The van der Waals surface area contributed by atoms with Crippen molar-refractivity contribution in [3.8, 4) is 0 Å². The number of nitrogens with zero attached hydrogens (tertiary/aromatic N) is 1. The third kappa shape index (κ3) is 3.80. The molecule has 1 aromatic heterocycles. The van der Waals surface area contributed by atoms with Crippen molar-refractivity contribution in [1.82, 2.24) is 15.5 Å². The Morgan fingerprint density at radius 2 is 2.09 bits per heavy atom. The summed E-state index contributed by atoms with van der Waals surface area (Å²) in [4.78, 5) is 15.7. The number of aliphatic hydroxyl groups is 1. The third-order valence-electron chi connectivity index (χ3n) is 4.77. The zero-order chi connectivity index (χ0) is 15.4. The summed E-state index contributed by atoms with van der Waals surface area (Å²) in [5, 5.41) is 17.9. The molecule has 5 nitrogen and oxygen atoms in total. The van der Waals surface area contributed by atoms with Crippen molar-refractivity contribution in [3.63, 3.8) is 0 Å². The Bertz CT molecular complexity index is 482. The number of hydrogen-bond donors (Lipinski definition) is 3. The van der Waals surface area contributed by atoms with Crippen LogP contribution >= 0.6 is 11.3 Å². The molecule has 0 radical (unpaired) electrons. The van der Waals surface area contributed by atoms with E-state index in [-0.39, 0.29) is 12.1 Å². The van der Waals surface area contributed by atoms with Crippen LogP contribution in [0.3, 0.4) is 0 Å². The normalized spacial score (nSPS) is 22.0. The van der Waals surface area contributed by atoms with E-state index in [9.17, 15) is 9.90 Å². The van der Waals surface area contributed by atoms with Crippen molar-refractivity contribution in [1.29, 1.82) is 0 Å². The number of urea groups is 1. The molecule has 2 aliphatic rings. The van der Waals surface area contributed by atoms with Gasteiger partial charge in [-0.15, -0.1) is 11.3 Å². The maximum absolute atomic E-state index is 12.0. The van der Waals surface area contributed by atoms with Gasteiger partial charge < -0.3 is 15.7 Å². The van der Waals surface area contributed by atoms with Crippen LogP contribution in [0.4, 0.5) is 4.79 Å². The van der Waals surface area contributed by atoms with E-state index in [1.165, 1.54) is 17.7 Å². The van der Waals surface area contributed by atoms with Gasteiger partial charge >= 0.3 is 6.03 Å². The molecule has 0 unspecified atom stereocenters. The smallest absolute Gasteiger partial charge is 0.314 e. The number of hydrogen-bond acceptors (Lipinski definition) is 4. The van der Waals surface area contributed by atoms with Crippen LogP contribution in [0.25, 0.3) is 0 Å². The second-order valence-corrected chi connectivity index (χ2v) is 7.40. The van der Waals surface area contributed by atoms with Gasteiger partial charge in [-0.3, -0.25) is 4.90 Å². The molecule has 0 bridgehead atoms. The van der Waals surface area contributed by atoms with E-state index in [4.69, 9.17) is 0 Å². The highest BCUT2D eigenvalue weighted by atomic mass is 32.1. The lowest BCUT2D eigenvalue weighted by atomic mass is 9.80. The van der Waals surface area contributed by atoms with Gasteiger partial charge in [0.15, 0.2) is 0 Å². The topological polar surface area (TPSA) is 64.6 Å². The van der Waals surface area contributed by atoms with Crippen LogP contribution in [0.15, 0.2) is 17.5 Å². The summed E-state index contributed by atoms with van der Waals surface area (Å²) in [7, 11) is 0. The Labute approximate surface area is 135 Å². The molecule has 1 aliphatic carbocycles. The molecule has 0 aromatic carbocycles. The van der Waals surface area contributed by atoms with Crippen molar-refractivity contribution in [3.05, 3.63) is 22.4 Å². The van der Waals surface area contributed by atoms with Crippen LogP contribution in [0.1, 0.15) is 43.0 Å². The summed E-state index contributed by atoms with van der Waals surface area (Å²) in [5.74, 6) is 0. The van der Waals surface area contributed by atoms with E-state index >= 15 is 0 Å². The van der Waals surface area contributed by atoms with Gasteiger partial charge in [-0.2, -0.15) is 0 Å². The molecule has 2 fully saturated rings. The van der Waals surface area contributed by atoms with Gasteiger partial charge in [-0.05, 0) is 56.6 Å². The lowest BCUT2D eigenvalue weighted by molar-refractivity contribution is -0.0290. The van der Waals surface area contributed by atoms with Crippen LogP contribution in [0.2, 0.25) is 0 Å². The predicted molar refractivity (Wildman–Crippen MR) is 88.1 cm³/mol. The van der Waals surface area contributed by atoms with Crippen molar-refractivity contribution in [2.45, 2.75) is 43.7 Å². The maximum Gasteiger partial charge on any atom is 0.314 e. The van der Waals surface area contributed by atoms with Crippen molar-refractivity contribution >= 4 is 17.4 Å².